The van der Waals surface area contributed by atoms with Crippen molar-refractivity contribution in [1.82, 2.24) is 15.0 Å². The number of rotatable bonds is 1. The fourth-order valence-corrected chi connectivity index (χ4v) is 3.31. The maximum atomic E-state index is 13.0. The summed E-state index contributed by atoms with van der Waals surface area (Å²) in [6, 6.07) is 13.9. The van der Waals surface area contributed by atoms with Gasteiger partial charge >= 0.3 is 0 Å². The molecule has 0 aliphatic carbocycles. The quantitative estimate of drug-likeness (QED) is 0.438. The molecule has 0 saturated carbocycles. The van der Waals surface area contributed by atoms with Crippen LogP contribution in [0.25, 0.3) is 44.4 Å². The SMILES string of the molecule is Cc1ccc2oc3nc(N)c(-c4nc5ccccc5c(=O)[nH]4)cc3c(=O)c2c1. The van der Waals surface area contributed by atoms with Gasteiger partial charge in [0.2, 0.25) is 11.1 Å². The van der Waals surface area contributed by atoms with Crippen molar-refractivity contribution in [3.8, 4) is 11.4 Å². The van der Waals surface area contributed by atoms with Crippen molar-refractivity contribution in [1.29, 1.82) is 0 Å². The molecule has 5 aromatic rings. The fourth-order valence-electron chi connectivity index (χ4n) is 3.31. The second-order valence-electron chi connectivity index (χ2n) is 6.64. The number of benzene rings is 2. The summed E-state index contributed by atoms with van der Waals surface area (Å²) in [7, 11) is 0. The van der Waals surface area contributed by atoms with E-state index >= 15 is 0 Å². The first-order valence-electron chi connectivity index (χ1n) is 8.64. The highest BCUT2D eigenvalue weighted by Gasteiger charge is 2.15. The number of para-hydroxylation sites is 1. The standard InChI is InChI=1S/C21H14N4O3/c1-10-6-7-16-12(8-10)17(26)13-9-14(18(22)24-21(13)28-16)19-23-15-5-3-2-4-11(15)20(27)25-19/h2-9H,1H3,(H2,22,24)(H,23,25,27). The smallest absolute Gasteiger partial charge is 0.259 e. The molecule has 0 aliphatic heterocycles. The van der Waals surface area contributed by atoms with E-state index in [1.807, 2.05) is 13.0 Å². The van der Waals surface area contributed by atoms with Crippen molar-refractivity contribution in [2.75, 3.05) is 5.73 Å². The molecule has 0 atom stereocenters. The first-order valence-corrected chi connectivity index (χ1v) is 8.64. The summed E-state index contributed by atoms with van der Waals surface area (Å²) in [5.74, 6) is 0.361. The summed E-state index contributed by atoms with van der Waals surface area (Å²) in [5.41, 5.74) is 8.03. The number of pyridine rings is 1. The van der Waals surface area contributed by atoms with Gasteiger partial charge in [-0.1, -0.05) is 23.8 Å². The number of nitrogen functional groups attached to an aromatic ring is 1. The van der Waals surface area contributed by atoms with Crippen LogP contribution in [0.2, 0.25) is 0 Å². The molecule has 28 heavy (non-hydrogen) atoms. The number of hydrogen-bond acceptors (Lipinski definition) is 6. The fraction of sp³-hybridized carbons (Fsp3) is 0.0476. The van der Waals surface area contributed by atoms with Crippen molar-refractivity contribution in [2.45, 2.75) is 6.92 Å². The van der Waals surface area contributed by atoms with E-state index in [9.17, 15) is 9.59 Å². The van der Waals surface area contributed by atoms with Crippen LogP contribution in [-0.4, -0.2) is 15.0 Å². The van der Waals surface area contributed by atoms with Crippen LogP contribution < -0.4 is 16.7 Å². The van der Waals surface area contributed by atoms with E-state index in [-0.39, 0.29) is 33.7 Å². The third-order valence-electron chi connectivity index (χ3n) is 4.72. The van der Waals surface area contributed by atoms with Gasteiger partial charge in [-0.3, -0.25) is 9.59 Å². The highest BCUT2D eigenvalue weighted by Crippen LogP contribution is 2.27. The van der Waals surface area contributed by atoms with E-state index in [2.05, 4.69) is 15.0 Å². The molecule has 136 valence electrons. The minimum absolute atomic E-state index is 0.112. The zero-order valence-electron chi connectivity index (χ0n) is 14.8. The number of nitrogens with two attached hydrogens (primary N) is 1. The lowest BCUT2D eigenvalue weighted by atomic mass is 10.1. The number of aromatic amines is 1. The molecule has 7 nitrogen and oxygen atoms in total. The highest BCUT2D eigenvalue weighted by molar-refractivity contribution is 5.92. The van der Waals surface area contributed by atoms with Crippen LogP contribution in [0.1, 0.15) is 5.56 Å². The highest BCUT2D eigenvalue weighted by atomic mass is 16.3. The van der Waals surface area contributed by atoms with Crippen molar-refractivity contribution in [2.24, 2.45) is 0 Å². The number of anilines is 1. The number of hydrogen-bond donors (Lipinski definition) is 2. The molecule has 3 heterocycles. The van der Waals surface area contributed by atoms with Crippen LogP contribution >= 0.6 is 0 Å². The minimum atomic E-state index is -0.290. The van der Waals surface area contributed by atoms with Crippen LogP contribution in [0, 0.1) is 6.92 Å². The third kappa shape index (κ3) is 2.37. The van der Waals surface area contributed by atoms with Crippen molar-refractivity contribution < 1.29 is 4.42 Å². The van der Waals surface area contributed by atoms with Crippen LogP contribution in [0.5, 0.6) is 0 Å². The minimum Gasteiger partial charge on any atom is -0.437 e. The second-order valence-corrected chi connectivity index (χ2v) is 6.64. The van der Waals surface area contributed by atoms with Crippen LogP contribution in [0.4, 0.5) is 5.82 Å². The summed E-state index contributed by atoms with van der Waals surface area (Å²) in [4.78, 5) is 36.8. The van der Waals surface area contributed by atoms with E-state index in [1.165, 1.54) is 0 Å². The number of nitrogens with zero attached hydrogens (tertiary/aromatic N) is 2. The molecule has 2 aromatic carbocycles. The Labute approximate surface area is 157 Å². The molecule has 0 spiro atoms. The number of H-pyrrole nitrogens is 1. The predicted molar refractivity (Wildman–Crippen MR) is 108 cm³/mol. The van der Waals surface area contributed by atoms with Gasteiger partial charge in [-0.15, -0.1) is 0 Å². The summed E-state index contributed by atoms with van der Waals surface area (Å²) in [5, 5.41) is 1.21. The molecular weight excluding hydrogens is 356 g/mol. The lowest BCUT2D eigenvalue weighted by molar-refractivity contribution is 0.645. The van der Waals surface area contributed by atoms with Crippen LogP contribution in [0.15, 0.2) is 62.5 Å². The van der Waals surface area contributed by atoms with Gasteiger partial charge in [-0.2, -0.15) is 4.98 Å². The summed E-state index contributed by atoms with van der Waals surface area (Å²) >= 11 is 0. The molecule has 0 saturated heterocycles. The molecule has 0 bridgehead atoms. The summed E-state index contributed by atoms with van der Waals surface area (Å²) in [6.07, 6.45) is 0. The van der Waals surface area contributed by atoms with E-state index in [1.54, 1.807) is 42.5 Å². The summed E-state index contributed by atoms with van der Waals surface area (Å²) in [6.45, 7) is 1.90. The van der Waals surface area contributed by atoms with Gasteiger partial charge in [0.15, 0.2) is 0 Å². The predicted octanol–water partition coefficient (Wildman–Crippen LogP) is 3.14. The first-order chi connectivity index (χ1) is 13.5. The Morgan fingerprint density at radius 3 is 2.64 bits per heavy atom. The van der Waals surface area contributed by atoms with Crippen molar-refractivity contribution >= 4 is 38.8 Å². The van der Waals surface area contributed by atoms with Gasteiger partial charge in [-0.25, -0.2) is 4.98 Å². The zero-order valence-corrected chi connectivity index (χ0v) is 14.8. The normalized spacial score (nSPS) is 11.5. The monoisotopic (exact) mass is 370 g/mol. The van der Waals surface area contributed by atoms with Gasteiger partial charge in [0.25, 0.3) is 5.56 Å². The Morgan fingerprint density at radius 1 is 0.964 bits per heavy atom. The van der Waals surface area contributed by atoms with Gasteiger partial charge in [0, 0.05) is 0 Å². The van der Waals surface area contributed by atoms with E-state index in [0.717, 1.165) is 5.56 Å². The Hall–Kier alpha value is -4.00. The van der Waals surface area contributed by atoms with Gasteiger partial charge < -0.3 is 15.1 Å². The van der Waals surface area contributed by atoms with Crippen molar-refractivity contribution in [3.05, 3.63) is 74.7 Å². The molecule has 7 heteroatoms. The lowest BCUT2D eigenvalue weighted by Crippen LogP contribution is -2.11. The second kappa shape index (κ2) is 5.75. The largest absolute Gasteiger partial charge is 0.437 e. The zero-order chi connectivity index (χ0) is 19.4. The Kier molecular flexibility index (Phi) is 3.33. The van der Waals surface area contributed by atoms with Crippen LogP contribution in [0.3, 0.4) is 0 Å². The summed E-state index contributed by atoms with van der Waals surface area (Å²) < 4.78 is 5.76. The molecule has 0 aliphatic rings. The molecule has 0 radical (unpaired) electrons. The first kappa shape index (κ1) is 16.2. The average Bonchev–Trinajstić information content (AvgIpc) is 2.68. The van der Waals surface area contributed by atoms with Gasteiger partial charge in [-0.05, 0) is 37.3 Å². The topological polar surface area (TPSA) is 115 Å². The van der Waals surface area contributed by atoms with Crippen LogP contribution in [-0.2, 0) is 0 Å². The van der Waals surface area contributed by atoms with Gasteiger partial charge in [0.05, 0.1) is 27.2 Å². The average molecular weight is 370 g/mol. The number of aromatic nitrogens is 3. The molecule has 0 fully saturated rings. The number of nitrogens with one attached hydrogen (secondary N) is 1. The maximum absolute atomic E-state index is 13.0. The molecular formula is C21H14N4O3. The van der Waals surface area contributed by atoms with E-state index < -0.39 is 0 Å². The molecule has 5 rings (SSSR count). The number of aryl methyl sites for hydroxylation is 1. The van der Waals surface area contributed by atoms with E-state index in [4.69, 9.17) is 10.2 Å². The van der Waals surface area contributed by atoms with E-state index in [0.29, 0.717) is 27.4 Å². The lowest BCUT2D eigenvalue weighted by Gasteiger charge is -2.08. The molecule has 3 N–H and O–H groups in total. The Morgan fingerprint density at radius 2 is 1.79 bits per heavy atom. The molecule has 0 amide bonds. The Balaban J connectivity index is 1.84. The van der Waals surface area contributed by atoms with Gasteiger partial charge in [0.1, 0.15) is 17.2 Å². The Bertz CT molecular complexity index is 1530. The molecule has 3 aromatic heterocycles. The van der Waals surface area contributed by atoms with Crippen molar-refractivity contribution in [3.63, 3.8) is 0 Å². The maximum Gasteiger partial charge on any atom is 0.259 e. The number of fused-ring (bicyclic) bond motifs is 3. The third-order valence-corrected chi connectivity index (χ3v) is 4.72. The molecule has 0 unspecified atom stereocenters.